The predicted octanol–water partition coefficient (Wildman–Crippen LogP) is 3.67. The van der Waals surface area contributed by atoms with Crippen LogP contribution in [0.15, 0.2) is 36.4 Å². The SMILES string of the molecule is COc1cc(C)cc(C)c1C(N)c1ccccc1C. The van der Waals surface area contributed by atoms with Crippen LogP contribution in [0.2, 0.25) is 0 Å². The van der Waals surface area contributed by atoms with Gasteiger partial charge < -0.3 is 10.5 Å². The molecule has 0 spiro atoms. The summed E-state index contributed by atoms with van der Waals surface area (Å²) >= 11 is 0. The first-order chi connectivity index (χ1) is 9.04. The number of aryl methyl sites for hydroxylation is 3. The van der Waals surface area contributed by atoms with Crippen LogP contribution in [0.25, 0.3) is 0 Å². The third-order valence-corrected chi connectivity index (χ3v) is 3.55. The number of hydrogen-bond acceptors (Lipinski definition) is 2. The first-order valence-electron chi connectivity index (χ1n) is 6.51. The summed E-state index contributed by atoms with van der Waals surface area (Å²) in [4.78, 5) is 0. The van der Waals surface area contributed by atoms with E-state index in [-0.39, 0.29) is 6.04 Å². The van der Waals surface area contributed by atoms with E-state index in [1.807, 2.05) is 18.2 Å². The van der Waals surface area contributed by atoms with Crippen molar-refractivity contribution in [1.82, 2.24) is 0 Å². The van der Waals surface area contributed by atoms with Crippen LogP contribution in [0.1, 0.15) is 33.9 Å². The Kier molecular flexibility index (Phi) is 3.91. The van der Waals surface area contributed by atoms with Gasteiger partial charge in [0.05, 0.1) is 13.2 Å². The molecule has 1 unspecified atom stereocenters. The zero-order chi connectivity index (χ0) is 14.0. The van der Waals surface area contributed by atoms with Gasteiger partial charge in [-0.2, -0.15) is 0 Å². The van der Waals surface area contributed by atoms with Crippen molar-refractivity contribution < 1.29 is 4.74 Å². The molecule has 0 fully saturated rings. The minimum atomic E-state index is -0.156. The zero-order valence-corrected chi connectivity index (χ0v) is 12.0. The van der Waals surface area contributed by atoms with E-state index in [9.17, 15) is 0 Å². The van der Waals surface area contributed by atoms with E-state index in [0.29, 0.717) is 0 Å². The molecule has 2 heteroatoms. The molecule has 0 bridgehead atoms. The van der Waals surface area contributed by atoms with Crippen molar-refractivity contribution in [3.63, 3.8) is 0 Å². The molecule has 0 aliphatic carbocycles. The second kappa shape index (κ2) is 5.45. The summed E-state index contributed by atoms with van der Waals surface area (Å²) in [5, 5.41) is 0. The molecule has 1 atom stereocenters. The normalized spacial score (nSPS) is 12.3. The average Bonchev–Trinajstić information content (AvgIpc) is 2.37. The summed E-state index contributed by atoms with van der Waals surface area (Å²) in [6.45, 7) is 6.24. The molecule has 100 valence electrons. The molecule has 2 N–H and O–H groups in total. The van der Waals surface area contributed by atoms with Gasteiger partial charge in [0, 0.05) is 5.56 Å². The lowest BCUT2D eigenvalue weighted by molar-refractivity contribution is 0.407. The molecular weight excluding hydrogens is 234 g/mol. The summed E-state index contributed by atoms with van der Waals surface area (Å²) in [7, 11) is 1.70. The second-order valence-corrected chi connectivity index (χ2v) is 5.03. The lowest BCUT2D eigenvalue weighted by Gasteiger charge is -2.21. The number of hydrogen-bond donors (Lipinski definition) is 1. The largest absolute Gasteiger partial charge is 0.496 e. The lowest BCUT2D eigenvalue weighted by atomic mass is 9.91. The van der Waals surface area contributed by atoms with Gasteiger partial charge in [-0.1, -0.05) is 30.3 Å². The van der Waals surface area contributed by atoms with Crippen LogP contribution in [0, 0.1) is 20.8 Å². The Morgan fingerprint density at radius 2 is 1.68 bits per heavy atom. The summed E-state index contributed by atoms with van der Waals surface area (Å²) < 4.78 is 5.51. The highest BCUT2D eigenvalue weighted by Gasteiger charge is 2.18. The molecule has 0 aromatic heterocycles. The Balaban J connectivity index is 2.56. The summed E-state index contributed by atoms with van der Waals surface area (Å²) in [6.07, 6.45) is 0. The van der Waals surface area contributed by atoms with Gasteiger partial charge in [-0.3, -0.25) is 0 Å². The van der Waals surface area contributed by atoms with Crippen molar-refractivity contribution >= 4 is 0 Å². The monoisotopic (exact) mass is 255 g/mol. The van der Waals surface area contributed by atoms with Crippen molar-refractivity contribution in [2.75, 3.05) is 7.11 Å². The number of nitrogens with two attached hydrogens (primary N) is 1. The minimum Gasteiger partial charge on any atom is -0.496 e. The highest BCUT2D eigenvalue weighted by Crippen LogP contribution is 2.33. The number of methoxy groups -OCH3 is 1. The quantitative estimate of drug-likeness (QED) is 0.908. The fourth-order valence-electron chi connectivity index (χ4n) is 2.60. The summed E-state index contributed by atoms with van der Waals surface area (Å²) in [6, 6.07) is 12.3. The van der Waals surface area contributed by atoms with Crippen LogP contribution in [-0.2, 0) is 0 Å². The minimum absolute atomic E-state index is 0.156. The van der Waals surface area contributed by atoms with Crippen LogP contribution in [0.4, 0.5) is 0 Å². The third kappa shape index (κ3) is 2.64. The molecule has 2 aromatic carbocycles. The van der Waals surface area contributed by atoms with Gasteiger partial charge in [-0.15, -0.1) is 0 Å². The Hall–Kier alpha value is -1.80. The Labute approximate surface area is 115 Å². The third-order valence-electron chi connectivity index (χ3n) is 3.55. The first-order valence-corrected chi connectivity index (χ1v) is 6.51. The van der Waals surface area contributed by atoms with Gasteiger partial charge in [0.25, 0.3) is 0 Å². The fourth-order valence-corrected chi connectivity index (χ4v) is 2.60. The van der Waals surface area contributed by atoms with Crippen LogP contribution in [0.5, 0.6) is 5.75 Å². The van der Waals surface area contributed by atoms with E-state index < -0.39 is 0 Å². The smallest absolute Gasteiger partial charge is 0.124 e. The van der Waals surface area contributed by atoms with E-state index in [2.05, 4.69) is 39.0 Å². The summed E-state index contributed by atoms with van der Waals surface area (Å²) in [5.41, 5.74) is 12.3. The topological polar surface area (TPSA) is 35.2 Å². The number of benzene rings is 2. The first kappa shape index (κ1) is 13.6. The molecular formula is C17H21NO. The molecule has 0 aliphatic heterocycles. The van der Waals surface area contributed by atoms with E-state index in [0.717, 1.165) is 16.9 Å². The van der Waals surface area contributed by atoms with Gasteiger partial charge >= 0.3 is 0 Å². The molecule has 19 heavy (non-hydrogen) atoms. The van der Waals surface area contributed by atoms with Crippen LogP contribution < -0.4 is 10.5 Å². The van der Waals surface area contributed by atoms with Crippen molar-refractivity contribution in [2.45, 2.75) is 26.8 Å². The summed E-state index contributed by atoms with van der Waals surface area (Å²) in [5.74, 6) is 0.869. The van der Waals surface area contributed by atoms with Crippen LogP contribution >= 0.6 is 0 Å². The molecule has 0 amide bonds. The number of rotatable bonds is 3. The Morgan fingerprint density at radius 1 is 1.00 bits per heavy atom. The molecule has 0 aliphatic rings. The van der Waals surface area contributed by atoms with E-state index >= 15 is 0 Å². The Morgan fingerprint density at radius 3 is 2.32 bits per heavy atom. The maximum atomic E-state index is 6.46. The van der Waals surface area contributed by atoms with Crippen molar-refractivity contribution in [3.8, 4) is 5.75 Å². The molecule has 0 heterocycles. The maximum absolute atomic E-state index is 6.46. The average molecular weight is 255 g/mol. The van der Waals surface area contributed by atoms with Crippen LogP contribution in [-0.4, -0.2) is 7.11 Å². The molecule has 0 saturated heterocycles. The molecule has 2 aromatic rings. The van der Waals surface area contributed by atoms with E-state index in [1.165, 1.54) is 16.7 Å². The highest BCUT2D eigenvalue weighted by atomic mass is 16.5. The second-order valence-electron chi connectivity index (χ2n) is 5.03. The van der Waals surface area contributed by atoms with Gasteiger partial charge in [-0.25, -0.2) is 0 Å². The van der Waals surface area contributed by atoms with Gasteiger partial charge in [-0.05, 0) is 49.1 Å². The van der Waals surface area contributed by atoms with Gasteiger partial charge in [0.2, 0.25) is 0 Å². The van der Waals surface area contributed by atoms with Gasteiger partial charge in [0.15, 0.2) is 0 Å². The molecule has 2 rings (SSSR count). The fraction of sp³-hybridized carbons (Fsp3) is 0.294. The zero-order valence-electron chi connectivity index (χ0n) is 12.0. The van der Waals surface area contributed by atoms with Crippen LogP contribution in [0.3, 0.4) is 0 Å². The highest BCUT2D eigenvalue weighted by molar-refractivity contribution is 5.49. The van der Waals surface area contributed by atoms with E-state index in [4.69, 9.17) is 10.5 Å². The van der Waals surface area contributed by atoms with Gasteiger partial charge in [0.1, 0.15) is 5.75 Å². The maximum Gasteiger partial charge on any atom is 0.124 e. The molecule has 2 nitrogen and oxygen atoms in total. The van der Waals surface area contributed by atoms with Crippen molar-refractivity contribution in [2.24, 2.45) is 5.73 Å². The van der Waals surface area contributed by atoms with E-state index in [1.54, 1.807) is 7.11 Å². The standard InChI is InChI=1S/C17H21NO/c1-11-9-13(3)16(15(10-11)19-4)17(18)14-8-6-5-7-12(14)2/h5-10,17H,18H2,1-4H3. The lowest BCUT2D eigenvalue weighted by Crippen LogP contribution is -2.16. The van der Waals surface area contributed by atoms with Crippen molar-refractivity contribution in [1.29, 1.82) is 0 Å². The Bertz CT molecular complexity index is 590. The van der Waals surface area contributed by atoms with Crippen molar-refractivity contribution in [3.05, 3.63) is 64.2 Å². The molecule has 0 radical (unpaired) electrons. The number of ether oxygens (including phenoxy) is 1. The molecule has 0 saturated carbocycles. The predicted molar refractivity (Wildman–Crippen MR) is 79.7 cm³/mol.